The van der Waals surface area contributed by atoms with Gasteiger partial charge >= 0.3 is 0 Å². The first-order valence-corrected chi connectivity index (χ1v) is 7.97. The molecule has 2 rings (SSSR count). The van der Waals surface area contributed by atoms with Gasteiger partial charge in [-0.25, -0.2) is 0 Å². The fourth-order valence-electron chi connectivity index (χ4n) is 2.25. The van der Waals surface area contributed by atoms with Crippen LogP contribution in [-0.4, -0.2) is 9.78 Å². The van der Waals surface area contributed by atoms with Gasteiger partial charge in [-0.1, -0.05) is 13.8 Å². The summed E-state index contributed by atoms with van der Waals surface area (Å²) in [5.41, 5.74) is 3.94. The molecule has 0 amide bonds. The molecule has 1 N–H and O–H groups in total. The van der Waals surface area contributed by atoms with Gasteiger partial charge in [0.25, 0.3) is 0 Å². The zero-order chi connectivity index (χ0) is 13.7. The van der Waals surface area contributed by atoms with E-state index in [1.807, 2.05) is 11.3 Å². The molecule has 0 bridgehead atoms. The van der Waals surface area contributed by atoms with Crippen molar-refractivity contribution in [2.45, 2.75) is 53.2 Å². The zero-order valence-corrected chi connectivity index (χ0v) is 12.9. The Labute approximate surface area is 119 Å². The number of aryl methyl sites for hydroxylation is 3. The predicted octanol–water partition coefficient (Wildman–Crippen LogP) is 3.38. The van der Waals surface area contributed by atoms with Crippen molar-refractivity contribution in [3.8, 4) is 0 Å². The molecular formula is C15H23N3S. The monoisotopic (exact) mass is 277 g/mol. The maximum atomic E-state index is 4.58. The molecule has 0 saturated carbocycles. The summed E-state index contributed by atoms with van der Waals surface area (Å²) in [6, 6.07) is 4.44. The molecule has 104 valence electrons. The highest BCUT2D eigenvalue weighted by atomic mass is 32.1. The average Bonchev–Trinajstić information content (AvgIpc) is 3.04. The smallest absolute Gasteiger partial charge is 0.0625 e. The van der Waals surface area contributed by atoms with Crippen LogP contribution in [0.1, 0.15) is 42.6 Å². The Morgan fingerprint density at radius 3 is 2.74 bits per heavy atom. The second kappa shape index (κ2) is 6.87. The standard InChI is InChI=1S/C15H23N3S/c1-4-12-7-8-19-15(12)11-16-10-14-9-13(5-2)17-18(14)6-3/h7-9,16H,4-6,10-11H2,1-3H3. The molecule has 19 heavy (non-hydrogen) atoms. The van der Waals surface area contributed by atoms with Crippen molar-refractivity contribution in [2.75, 3.05) is 0 Å². The van der Waals surface area contributed by atoms with Crippen molar-refractivity contribution in [1.82, 2.24) is 15.1 Å². The Morgan fingerprint density at radius 2 is 2.05 bits per heavy atom. The highest BCUT2D eigenvalue weighted by Crippen LogP contribution is 2.17. The lowest BCUT2D eigenvalue weighted by Gasteiger charge is -2.07. The topological polar surface area (TPSA) is 29.9 Å². The quantitative estimate of drug-likeness (QED) is 0.841. The summed E-state index contributed by atoms with van der Waals surface area (Å²) in [6.07, 6.45) is 2.12. The average molecular weight is 277 g/mol. The van der Waals surface area contributed by atoms with E-state index >= 15 is 0 Å². The maximum absolute atomic E-state index is 4.58. The Hall–Kier alpha value is -1.13. The van der Waals surface area contributed by atoms with Crippen LogP contribution >= 0.6 is 11.3 Å². The van der Waals surface area contributed by atoms with E-state index in [1.165, 1.54) is 21.8 Å². The minimum atomic E-state index is 0.891. The predicted molar refractivity (Wildman–Crippen MR) is 81.5 cm³/mol. The zero-order valence-electron chi connectivity index (χ0n) is 12.1. The van der Waals surface area contributed by atoms with Gasteiger partial charge in [-0.15, -0.1) is 11.3 Å². The third kappa shape index (κ3) is 3.45. The lowest BCUT2D eigenvalue weighted by atomic mass is 10.2. The molecule has 2 heterocycles. The molecule has 0 aromatic carbocycles. The molecular weight excluding hydrogens is 254 g/mol. The Bertz CT molecular complexity index is 513. The van der Waals surface area contributed by atoms with E-state index in [-0.39, 0.29) is 0 Å². The van der Waals surface area contributed by atoms with Gasteiger partial charge in [0.1, 0.15) is 0 Å². The van der Waals surface area contributed by atoms with Crippen molar-refractivity contribution >= 4 is 11.3 Å². The third-order valence-corrected chi connectivity index (χ3v) is 4.35. The van der Waals surface area contributed by atoms with Crippen molar-refractivity contribution < 1.29 is 0 Å². The number of nitrogens with one attached hydrogen (secondary N) is 1. The SMILES string of the molecule is CCc1cc(CNCc2sccc2CC)n(CC)n1. The van der Waals surface area contributed by atoms with E-state index in [9.17, 15) is 0 Å². The van der Waals surface area contributed by atoms with Crippen molar-refractivity contribution in [2.24, 2.45) is 0 Å². The first kappa shape index (κ1) is 14.3. The van der Waals surface area contributed by atoms with Crippen LogP contribution in [0.25, 0.3) is 0 Å². The van der Waals surface area contributed by atoms with Crippen LogP contribution in [0.4, 0.5) is 0 Å². The first-order valence-electron chi connectivity index (χ1n) is 7.10. The van der Waals surface area contributed by atoms with Gasteiger partial charge < -0.3 is 5.32 Å². The summed E-state index contributed by atoms with van der Waals surface area (Å²) in [5.74, 6) is 0. The lowest BCUT2D eigenvalue weighted by Crippen LogP contribution is -2.16. The molecule has 2 aromatic rings. The Morgan fingerprint density at radius 1 is 1.21 bits per heavy atom. The van der Waals surface area contributed by atoms with Crippen molar-refractivity contribution in [3.63, 3.8) is 0 Å². The molecule has 0 saturated heterocycles. The van der Waals surface area contributed by atoms with Crippen LogP contribution in [0, 0.1) is 0 Å². The first-order chi connectivity index (χ1) is 9.28. The number of hydrogen-bond acceptors (Lipinski definition) is 3. The molecule has 0 radical (unpaired) electrons. The second-order valence-electron chi connectivity index (χ2n) is 4.62. The summed E-state index contributed by atoms with van der Waals surface area (Å²) in [7, 11) is 0. The van der Waals surface area contributed by atoms with E-state index in [0.717, 1.165) is 32.5 Å². The molecule has 4 heteroatoms. The largest absolute Gasteiger partial charge is 0.306 e. The van der Waals surface area contributed by atoms with Gasteiger partial charge in [0.05, 0.1) is 11.4 Å². The summed E-state index contributed by atoms with van der Waals surface area (Å²) in [4.78, 5) is 1.46. The minimum absolute atomic E-state index is 0.891. The van der Waals surface area contributed by atoms with Crippen LogP contribution < -0.4 is 5.32 Å². The van der Waals surface area contributed by atoms with Gasteiger partial charge in [0.2, 0.25) is 0 Å². The van der Waals surface area contributed by atoms with Crippen LogP contribution in [0.3, 0.4) is 0 Å². The highest BCUT2D eigenvalue weighted by Gasteiger charge is 2.06. The molecule has 3 nitrogen and oxygen atoms in total. The Kier molecular flexibility index (Phi) is 5.16. The van der Waals surface area contributed by atoms with Crippen LogP contribution in [0.2, 0.25) is 0 Å². The summed E-state index contributed by atoms with van der Waals surface area (Å²) in [5, 5.41) is 10.3. The van der Waals surface area contributed by atoms with E-state index in [2.05, 4.69) is 53.4 Å². The fourth-order valence-corrected chi connectivity index (χ4v) is 3.19. The van der Waals surface area contributed by atoms with Crippen LogP contribution in [0.5, 0.6) is 0 Å². The summed E-state index contributed by atoms with van der Waals surface area (Å²) < 4.78 is 2.10. The van der Waals surface area contributed by atoms with Gasteiger partial charge in [-0.05, 0) is 42.8 Å². The van der Waals surface area contributed by atoms with Crippen LogP contribution in [0.15, 0.2) is 17.5 Å². The summed E-state index contributed by atoms with van der Waals surface area (Å²) >= 11 is 1.84. The maximum Gasteiger partial charge on any atom is 0.0625 e. The number of thiophene rings is 1. The van der Waals surface area contributed by atoms with E-state index in [4.69, 9.17) is 0 Å². The Balaban J connectivity index is 1.93. The van der Waals surface area contributed by atoms with E-state index in [0.29, 0.717) is 0 Å². The van der Waals surface area contributed by atoms with Gasteiger partial charge in [-0.2, -0.15) is 5.10 Å². The van der Waals surface area contributed by atoms with Crippen LogP contribution in [-0.2, 0) is 32.5 Å². The normalized spacial score (nSPS) is 11.1. The molecule has 0 aliphatic carbocycles. The second-order valence-corrected chi connectivity index (χ2v) is 5.62. The van der Waals surface area contributed by atoms with Crippen molar-refractivity contribution in [3.05, 3.63) is 39.3 Å². The lowest BCUT2D eigenvalue weighted by molar-refractivity contribution is 0.578. The molecule has 0 atom stereocenters. The molecule has 0 aliphatic heterocycles. The van der Waals surface area contributed by atoms with E-state index < -0.39 is 0 Å². The van der Waals surface area contributed by atoms with Gasteiger partial charge in [-0.3, -0.25) is 4.68 Å². The van der Waals surface area contributed by atoms with Gasteiger partial charge in [0, 0.05) is 24.5 Å². The number of hydrogen-bond donors (Lipinski definition) is 1. The van der Waals surface area contributed by atoms with Gasteiger partial charge in [0.15, 0.2) is 0 Å². The molecule has 2 aromatic heterocycles. The minimum Gasteiger partial charge on any atom is -0.306 e. The fraction of sp³-hybridized carbons (Fsp3) is 0.533. The van der Waals surface area contributed by atoms with E-state index in [1.54, 1.807) is 0 Å². The molecule has 0 fully saturated rings. The highest BCUT2D eigenvalue weighted by molar-refractivity contribution is 7.10. The third-order valence-electron chi connectivity index (χ3n) is 3.39. The molecule has 0 spiro atoms. The summed E-state index contributed by atoms with van der Waals surface area (Å²) in [6.45, 7) is 9.30. The number of rotatable bonds is 7. The number of aromatic nitrogens is 2. The van der Waals surface area contributed by atoms with Crippen molar-refractivity contribution in [1.29, 1.82) is 0 Å². The molecule has 0 unspecified atom stereocenters. The number of nitrogens with zero attached hydrogens (tertiary/aromatic N) is 2. The molecule has 0 aliphatic rings.